The molecule has 176 valence electrons. The number of nitrogens with zero attached hydrogens (tertiary/aromatic N) is 7. The van der Waals surface area contributed by atoms with Crippen LogP contribution in [0.5, 0.6) is 0 Å². The van der Waals surface area contributed by atoms with Crippen molar-refractivity contribution in [2.45, 2.75) is 38.9 Å². The lowest BCUT2D eigenvalue weighted by atomic mass is 9.99. The van der Waals surface area contributed by atoms with Crippen molar-refractivity contribution in [3.05, 3.63) is 82.8 Å². The lowest BCUT2D eigenvalue weighted by molar-refractivity contribution is 0.0980. The lowest BCUT2D eigenvalue weighted by Crippen LogP contribution is -2.48. The Morgan fingerprint density at radius 1 is 0.971 bits per heavy atom. The van der Waals surface area contributed by atoms with Crippen LogP contribution in [0.3, 0.4) is 0 Å². The maximum atomic E-state index is 6.41. The molecule has 0 saturated carbocycles. The fourth-order valence-corrected chi connectivity index (χ4v) is 4.87. The fourth-order valence-electron chi connectivity index (χ4n) is 4.68. The number of halogens is 1. The third-order valence-corrected chi connectivity index (χ3v) is 6.81. The first kappa shape index (κ1) is 22.9. The Labute approximate surface area is 205 Å². The molecule has 0 spiro atoms. The molecule has 1 aliphatic rings. The van der Waals surface area contributed by atoms with E-state index in [4.69, 9.17) is 11.6 Å². The van der Waals surface area contributed by atoms with Crippen LogP contribution in [-0.4, -0.2) is 61.2 Å². The Morgan fingerprint density at radius 2 is 1.76 bits per heavy atom. The van der Waals surface area contributed by atoms with Gasteiger partial charge in [-0.3, -0.25) is 14.8 Å². The number of benzene rings is 2. The van der Waals surface area contributed by atoms with Crippen LogP contribution in [0.2, 0.25) is 5.02 Å². The molecule has 0 radical (unpaired) electrons. The van der Waals surface area contributed by atoms with Crippen LogP contribution in [0.1, 0.15) is 43.8 Å². The molecule has 1 atom stereocenters. The lowest BCUT2D eigenvalue weighted by Gasteiger charge is -2.39. The molecule has 0 unspecified atom stereocenters. The van der Waals surface area contributed by atoms with Crippen molar-refractivity contribution in [1.82, 2.24) is 35.0 Å². The van der Waals surface area contributed by atoms with Crippen LogP contribution in [-0.2, 0) is 12.1 Å². The Morgan fingerprint density at radius 3 is 2.53 bits per heavy atom. The number of hydrogen-bond donors (Lipinski definition) is 0. The van der Waals surface area contributed by atoms with Gasteiger partial charge in [-0.05, 0) is 66.6 Å². The number of hydrogen-bond acceptors (Lipinski definition) is 6. The van der Waals surface area contributed by atoms with Crippen molar-refractivity contribution in [1.29, 1.82) is 0 Å². The van der Waals surface area contributed by atoms with Crippen molar-refractivity contribution in [3.63, 3.8) is 0 Å². The van der Waals surface area contributed by atoms with E-state index in [-0.39, 0.29) is 11.6 Å². The summed E-state index contributed by atoms with van der Waals surface area (Å²) in [6.07, 6.45) is 1.83. The smallest absolute Gasteiger partial charge is 0.173 e. The van der Waals surface area contributed by atoms with E-state index in [2.05, 4.69) is 81.4 Å². The molecule has 0 bridgehead atoms. The van der Waals surface area contributed by atoms with Gasteiger partial charge in [0.05, 0.1) is 17.1 Å². The van der Waals surface area contributed by atoms with Crippen molar-refractivity contribution in [2.75, 3.05) is 26.2 Å². The van der Waals surface area contributed by atoms with Crippen LogP contribution in [0.4, 0.5) is 0 Å². The van der Waals surface area contributed by atoms with Crippen molar-refractivity contribution in [3.8, 4) is 0 Å². The molecule has 34 heavy (non-hydrogen) atoms. The van der Waals surface area contributed by atoms with Gasteiger partial charge in [0, 0.05) is 49.3 Å². The SMILES string of the molecule is CC(C)(C)n1nnnc1[C@H](c1ccc2ncccc2c1)N1CCN(Cc2ccccc2Cl)CC1. The highest BCUT2D eigenvalue weighted by atomic mass is 35.5. The fraction of sp³-hybridized carbons (Fsp3) is 0.385. The van der Waals surface area contributed by atoms with E-state index < -0.39 is 0 Å². The molecular weight excluding hydrogens is 446 g/mol. The maximum absolute atomic E-state index is 6.41. The van der Waals surface area contributed by atoms with Crippen LogP contribution in [0, 0.1) is 0 Å². The molecular formula is C26H30ClN7. The van der Waals surface area contributed by atoms with Crippen LogP contribution in [0.15, 0.2) is 60.8 Å². The van der Waals surface area contributed by atoms with E-state index in [1.807, 2.05) is 35.1 Å². The molecule has 0 N–H and O–H groups in total. The van der Waals surface area contributed by atoms with Crippen molar-refractivity contribution in [2.24, 2.45) is 0 Å². The molecule has 2 aromatic carbocycles. The number of piperazine rings is 1. The van der Waals surface area contributed by atoms with Crippen LogP contribution >= 0.6 is 11.6 Å². The second-order valence-corrected chi connectivity index (χ2v) is 10.3. The van der Waals surface area contributed by atoms with Gasteiger partial charge in [-0.15, -0.1) is 5.10 Å². The van der Waals surface area contributed by atoms with Gasteiger partial charge in [-0.1, -0.05) is 41.9 Å². The zero-order valence-corrected chi connectivity index (χ0v) is 20.7. The summed E-state index contributed by atoms with van der Waals surface area (Å²) < 4.78 is 1.96. The Hall–Kier alpha value is -2.87. The van der Waals surface area contributed by atoms with E-state index >= 15 is 0 Å². The molecule has 3 heterocycles. The molecule has 0 amide bonds. The summed E-state index contributed by atoms with van der Waals surface area (Å²) in [4.78, 5) is 9.45. The van der Waals surface area contributed by atoms with Gasteiger partial charge >= 0.3 is 0 Å². The van der Waals surface area contributed by atoms with Gasteiger partial charge in [-0.2, -0.15) is 0 Å². The summed E-state index contributed by atoms with van der Waals surface area (Å²) in [5.74, 6) is 0.871. The molecule has 2 aromatic heterocycles. The minimum atomic E-state index is -0.221. The quantitative estimate of drug-likeness (QED) is 0.422. The normalized spacial score (nSPS) is 16.7. The maximum Gasteiger partial charge on any atom is 0.173 e. The molecule has 0 aliphatic carbocycles. The second kappa shape index (κ2) is 9.41. The highest BCUT2D eigenvalue weighted by molar-refractivity contribution is 6.31. The Bertz CT molecular complexity index is 1270. The van der Waals surface area contributed by atoms with Gasteiger partial charge in [0.15, 0.2) is 5.82 Å². The third-order valence-electron chi connectivity index (χ3n) is 6.44. The highest BCUT2D eigenvalue weighted by Crippen LogP contribution is 2.32. The van der Waals surface area contributed by atoms with Gasteiger partial charge < -0.3 is 0 Å². The molecule has 5 rings (SSSR count). The zero-order chi connectivity index (χ0) is 23.7. The monoisotopic (exact) mass is 475 g/mol. The average Bonchev–Trinajstić information content (AvgIpc) is 3.32. The summed E-state index contributed by atoms with van der Waals surface area (Å²) in [5, 5.41) is 14.9. The molecule has 7 nitrogen and oxygen atoms in total. The predicted molar refractivity (Wildman–Crippen MR) is 135 cm³/mol. The summed E-state index contributed by atoms with van der Waals surface area (Å²) in [7, 11) is 0. The zero-order valence-electron chi connectivity index (χ0n) is 19.9. The summed E-state index contributed by atoms with van der Waals surface area (Å²) in [6.45, 7) is 11.0. The molecule has 1 aliphatic heterocycles. The van der Waals surface area contributed by atoms with E-state index in [1.165, 1.54) is 11.1 Å². The summed E-state index contributed by atoms with van der Waals surface area (Å²) in [5.41, 5.74) is 3.12. The summed E-state index contributed by atoms with van der Waals surface area (Å²) in [6, 6.07) is 18.6. The number of aromatic nitrogens is 5. The first-order valence-electron chi connectivity index (χ1n) is 11.7. The number of tetrazole rings is 1. The minimum absolute atomic E-state index is 0.0405. The van der Waals surface area contributed by atoms with Gasteiger partial charge in [0.2, 0.25) is 0 Å². The second-order valence-electron chi connectivity index (χ2n) is 9.88. The van der Waals surface area contributed by atoms with Gasteiger partial charge in [0.25, 0.3) is 0 Å². The molecule has 4 aromatic rings. The van der Waals surface area contributed by atoms with Crippen molar-refractivity contribution >= 4 is 22.5 Å². The Kier molecular flexibility index (Phi) is 6.34. The number of pyridine rings is 1. The average molecular weight is 476 g/mol. The first-order valence-corrected chi connectivity index (χ1v) is 12.1. The largest absolute Gasteiger partial charge is 0.296 e. The molecule has 1 saturated heterocycles. The first-order chi connectivity index (χ1) is 16.4. The van der Waals surface area contributed by atoms with Crippen LogP contribution < -0.4 is 0 Å². The third kappa shape index (κ3) is 4.69. The van der Waals surface area contributed by atoms with Crippen LogP contribution in [0.25, 0.3) is 10.9 Å². The van der Waals surface area contributed by atoms with Gasteiger partial charge in [0.1, 0.15) is 0 Å². The Balaban J connectivity index is 1.45. The number of rotatable bonds is 5. The van der Waals surface area contributed by atoms with Gasteiger partial charge in [-0.25, -0.2) is 4.68 Å². The molecule has 1 fully saturated rings. The standard InChI is InChI=1S/C26H30ClN7/c1-26(2,3)34-25(29-30-31-34)24(20-10-11-23-19(17-20)8-6-12-28-23)33-15-13-32(14-16-33)18-21-7-4-5-9-22(21)27/h4-12,17,24H,13-16,18H2,1-3H3/t24-/m0/s1. The van der Waals surface area contributed by atoms with E-state index in [0.717, 1.165) is 54.5 Å². The summed E-state index contributed by atoms with van der Waals surface area (Å²) >= 11 is 6.41. The highest BCUT2D eigenvalue weighted by Gasteiger charge is 2.33. The topological polar surface area (TPSA) is 63.0 Å². The predicted octanol–water partition coefficient (Wildman–Crippen LogP) is 4.54. The minimum Gasteiger partial charge on any atom is -0.296 e. The van der Waals surface area contributed by atoms with E-state index in [0.29, 0.717) is 0 Å². The van der Waals surface area contributed by atoms with Crippen molar-refractivity contribution < 1.29 is 0 Å². The van der Waals surface area contributed by atoms with E-state index in [1.54, 1.807) is 0 Å². The number of fused-ring (bicyclic) bond motifs is 1. The van der Waals surface area contributed by atoms with E-state index in [9.17, 15) is 0 Å². The molecule has 8 heteroatoms.